The van der Waals surface area contributed by atoms with Gasteiger partial charge in [0.05, 0.1) is 12.7 Å². The van der Waals surface area contributed by atoms with Crippen molar-refractivity contribution in [2.75, 3.05) is 0 Å². The smallest absolute Gasteiger partial charge is 0.408 e. The molecular weight excluding hydrogens is 306 g/mol. The highest BCUT2D eigenvalue weighted by Gasteiger charge is 2.29. The van der Waals surface area contributed by atoms with Crippen molar-refractivity contribution in [3.63, 3.8) is 0 Å². The lowest BCUT2D eigenvalue weighted by atomic mass is 10.0. The van der Waals surface area contributed by atoms with Crippen molar-refractivity contribution >= 4 is 11.9 Å². The zero-order chi connectivity index (χ0) is 18.2. The second-order valence-corrected chi connectivity index (χ2v) is 6.84. The normalized spacial score (nSPS) is 13.9. The first-order valence-electron chi connectivity index (χ1n) is 8.40. The molecule has 24 heavy (non-hydrogen) atoms. The molecule has 0 aliphatic carbocycles. The molecule has 0 aliphatic heterocycles. The van der Waals surface area contributed by atoms with Crippen LogP contribution in [0.1, 0.15) is 53.0 Å². The largest absolute Gasteiger partial charge is 0.444 e. The molecule has 0 fully saturated rings. The van der Waals surface area contributed by atoms with Crippen molar-refractivity contribution in [3.05, 3.63) is 35.9 Å². The van der Waals surface area contributed by atoms with Crippen LogP contribution in [0.5, 0.6) is 0 Å². The number of nitrogens with one attached hydrogen (secondary N) is 1. The van der Waals surface area contributed by atoms with Crippen LogP contribution in [0.25, 0.3) is 0 Å². The fourth-order valence-corrected chi connectivity index (χ4v) is 2.19. The van der Waals surface area contributed by atoms with Crippen molar-refractivity contribution in [3.8, 4) is 0 Å². The summed E-state index contributed by atoms with van der Waals surface area (Å²) in [5.41, 5.74) is 0.402. The molecule has 0 spiro atoms. The zero-order valence-electron chi connectivity index (χ0n) is 15.3. The van der Waals surface area contributed by atoms with Gasteiger partial charge >= 0.3 is 6.09 Å². The number of ketones is 1. The van der Waals surface area contributed by atoms with Crippen LogP contribution in [0.3, 0.4) is 0 Å². The number of hydrogen-bond acceptors (Lipinski definition) is 4. The molecule has 2 unspecified atom stereocenters. The lowest BCUT2D eigenvalue weighted by Gasteiger charge is -2.26. The molecule has 0 aliphatic rings. The van der Waals surface area contributed by atoms with Gasteiger partial charge in [-0.1, -0.05) is 37.3 Å². The van der Waals surface area contributed by atoms with E-state index in [9.17, 15) is 9.59 Å². The number of amides is 1. The van der Waals surface area contributed by atoms with E-state index in [0.29, 0.717) is 13.0 Å². The molecule has 0 radical (unpaired) electrons. The third kappa shape index (κ3) is 7.59. The minimum Gasteiger partial charge on any atom is -0.444 e. The molecule has 134 valence electrons. The van der Waals surface area contributed by atoms with Gasteiger partial charge in [0.25, 0.3) is 0 Å². The van der Waals surface area contributed by atoms with Crippen LogP contribution in [-0.2, 0) is 20.9 Å². The number of Topliss-reactive ketones (excluding diaryl/α,β-unsaturated/α-hetero) is 1. The number of alkyl carbamates (subject to hydrolysis) is 1. The SMILES string of the molecule is CCCC(=O)C(NC(=O)OC(C)(C)C)C(C)OCc1ccccc1. The topological polar surface area (TPSA) is 64.6 Å². The van der Waals surface area contributed by atoms with Crippen LogP contribution in [0, 0.1) is 0 Å². The second-order valence-electron chi connectivity index (χ2n) is 6.84. The van der Waals surface area contributed by atoms with Crippen molar-refractivity contribution in [1.82, 2.24) is 5.32 Å². The molecule has 0 bridgehead atoms. The second kappa shape index (κ2) is 9.42. The van der Waals surface area contributed by atoms with Gasteiger partial charge in [0, 0.05) is 6.42 Å². The lowest BCUT2D eigenvalue weighted by molar-refractivity contribution is -0.125. The molecule has 1 rings (SSSR count). The fourth-order valence-electron chi connectivity index (χ4n) is 2.19. The molecule has 2 atom stereocenters. The van der Waals surface area contributed by atoms with E-state index >= 15 is 0 Å². The third-order valence-electron chi connectivity index (χ3n) is 3.34. The number of rotatable bonds is 8. The summed E-state index contributed by atoms with van der Waals surface area (Å²) in [7, 11) is 0. The highest BCUT2D eigenvalue weighted by atomic mass is 16.6. The Balaban J connectivity index is 2.69. The Morgan fingerprint density at radius 2 is 1.79 bits per heavy atom. The lowest BCUT2D eigenvalue weighted by Crippen LogP contribution is -2.50. The number of hydrogen-bond donors (Lipinski definition) is 1. The van der Waals surface area contributed by atoms with Gasteiger partial charge in [0.1, 0.15) is 11.6 Å². The van der Waals surface area contributed by atoms with E-state index in [4.69, 9.17) is 9.47 Å². The highest BCUT2D eigenvalue weighted by Crippen LogP contribution is 2.11. The Hall–Kier alpha value is -1.88. The van der Waals surface area contributed by atoms with Crippen LogP contribution >= 0.6 is 0 Å². The molecule has 0 saturated heterocycles. The van der Waals surface area contributed by atoms with Gasteiger partial charge in [-0.05, 0) is 39.7 Å². The molecule has 5 heteroatoms. The zero-order valence-corrected chi connectivity index (χ0v) is 15.3. The predicted octanol–water partition coefficient (Wildman–Crippen LogP) is 3.85. The number of benzene rings is 1. The van der Waals surface area contributed by atoms with Gasteiger partial charge in [0.15, 0.2) is 5.78 Å². The Labute approximate surface area is 144 Å². The molecule has 0 saturated carbocycles. The van der Waals surface area contributed by atoms with E-state index in [1.807, 2.05) is 37.3 Å². The van der Waals surface area contributed by atoms with Gasteiger partial charge in [-0.3, -0.25) is 4.79 Å². The summed E-state index contributed by atoms with van der Waals surface area (Å²) in [5.74, 6) is -0.0519. The monoisotopic (exact) mass is 335 g/mol. The summed E-state index contributed by atoms with van der Waals surface area (Å²) < 4.78 is 11.0. The average molecular weight is 335 g/mol. The molecule has 1 amide bonds. The van der Waals surface area contributed by atoms with Crippen molar-refractivity contribution < 1.29 is 19.1 Å². The van der Waals surface area contributed by atoms with Gasteiger partial charge in [-0.2, -0.15) is 0 Å². The van der Waals surface area contributed by atoms with Crippen molar-refractivity contribution in [2.24, 2.45) is 0 Å². The first-order valence-corrected chi connectivity index (χ1v) is 8.40. The van der Waals surface area contributed by atoms with Gasteiger partial charge in [-0.25, -0.2) is 4.79 Å². The highest BCUT2D eigenvalue weighted by molar-refractivity contribution is 5.88. The minimum absolute atomic E-state index is 0.0519. The van der Waals surface area contributed by atoms with E-state index in [0.717, 1.165) is 12.0 Å². The van der Waals surface area contributed by atoms with E-state index in [-0.39, 0.29) is 5.78 Å². The third-order valence-corrected chi connectivity index (χ3v) is 3.34. The maximum Gasteiger partial charge on any atom is 0.408 e. The van der Waals surface area contributed by atoms with Crippen molar-refractivity contribution in [2.45, 2.75) is 71.8 Å². The summed E-state index contributed by atoms with van der Waals surface area (Å²) in [6.07, 6.45) is 0.0554. The summed E-state index contributed by atoms with van der Waals surface area (Å²) in [5, 5.41) is 2.66. The van der Waals surface area contributed by atoms with E-state index in [1.54, 1.807) is 27.7 Å². The van der Waals surface area contributed by atoms with Crippen molar-refractivity contribution in [1.29, 1.82) is 0 Å². The van der Waals surface area contributed by atoms with E-state index in [2.05, 4.69) is 5.32 Å². The first kappa shape index (κ1) is 20.2. The molecule has 1 aromatic carbocycles. The Morgan fingerprint density at radius 1 is 1.17 bits per heavy atom. The molecule has 1 N–H and O–H groups in total. The van der Waals surface area contributed by atoms with Gasteiger partial charge < -0.3 is 14.8 Å². The van der Waals surface area contributed by atoms with Crippen LogP contribution in [0.4, 0.5) is 4.79 Å². The number of carbonyl (C=O) groups is 2. The first-order chi connectivity index (χ1) is 11.2. The Bertz CT molecular complexity index is 522. The van der Waals surface area contributed by atoms with E-state index in [1.165, 1.54) is 0 Å². The molecule has 0 heterocycles. The molecule has 5 nitrogen and oxygen atoms in total. The molecule has 1 aromatic rings. The predicted molar refractivity (Wildman–Crippen MR) is 93.8 cm³/mol. The van der Waals surface area contributed by atoms with Gasteiger partial charge in [0.2, 0.25) is 0 Å². The average Bonchev–Trinajstić information content (AvgIpc) is 2.50. The van der Waals surface area contributed by atoms with E-state index < -0.39 is 23.8 Å². The Morgan fingerprint density at radius 3 is 2.33 bits per heavy atom. The van der Waals surface area contributed by atoms with Crippen LogP contribution < -0.4 is 5.32 Å². The van der Waals surface area contributed by atoms with Gasteiger partial charge in [-0.15, -0.1) is 0 Å². The molecule has 0 aromatic heterocycles. The summed E-state index contributed by atoms with van der Waals surface area (Å²) in [6.45, 7) is 9.45. The quantitative estimate of drug-likeness (QED) is 0.783. The Kier molecular flexibility index (Phi) is 7.92. The number of carbonyl (C=O) groups excluding carboxylic acids is 2. The fraction of sp³-hybridized carbons (Fsp3) is 0.579. The van der Waals surface area contributed by atoms with Crippen LogP contribution in [-0.4, -0.2) is 29.6 Å². The van der Waals surface area contributed by atoms with Crippen LogP contribution in [0.15, 0.2) is 30.3 Å². The maximum atomic E-state index is 12.3. The minimum atomic E-state index is -0.719. The standard InChI is InChI=1S/C19H29NO4/c1-6-10-16(21)17(20-18(22)24-19(3,4)5)14(2)23-13-15-11-8-7-9-12-15/h7-9,11-12,14,17H,6,10,13H2,1-5H3,(H,20,22). The van der Waals surface area contributed by atoms with Crippen LogP contribution in [0.2, 0.25) is 0 Å². The summed E-state index contributed by atoms with van der Waals surface area (Å²) in [4.78, 5) is 24.4. The summed E-state index contributed by atoms with van der Waals surface area (Å²) >= 11 is 0. The number of ether oxygens (including phenoxy) is 2. The molecular formula is C19H29NO4. The maximum absolute atomic E-state index is 12.3. The summed E-state index contributed by atoms with van der Waals surface area (Å²) in [6, 6.07) is 8.99.